The van der Waals surface area contributed by atoms with Crippen molar-refractivity contribution in [3.8, 4) is 0 Å². The minimum atomic E-state index is 0.683. The van der Waals surface area contributed by atoms with Crippen molar-refractivity contribution in [2.75, 3.05) is 32.8 Å². The van der Waals surface area contributed by atoms with Crippen LogP contribution in [0.4, 0.5) is 0 Å². The van der Waals surface area contributed by atoms with Crippen molar-refractivity contribution < 1.29 is 4.74 Å². The predicted molar refractivity (Wildman–Crippen MR) is 67.6 cm³/mol. The molecule has 16 heavy (non-hydrogen) atoms. The smallest absolute Gasteiger partial charge is 0.0507 e. The molecule has 0 bridgehead atoms. The summed E-state index contributed by atoms with van der Waals surface area (Å²) in [6.45, 7) is 10.6. The van der Waals surface area contributed by atoms with Gasteiger partial charge in [0.25, 0.3) is 0 Å². The lowest BCUT2D eigenvalue weighted by molar-refractivity contribution is -0.0244. The first-order valence-electron chi connectivity index (χ1n) is 7.08. The van der Waals surface area contributed by atoms with Crippen LogP contribution in [0, 0.1) is 11.3 Å². The predicted octanol–water partition coefficient (Wildman–Crippen LogP) is 2.93. The maximum absolute atomic E-state index is 5.45. The van der Waals surface area contributed by atoms with Crippen molar-refractivity contribution in [1.82, 2.24) is 4.90 Å². The standard InChI is InChI=1S/C14H27NO/c1-3-6-14(7-4-2)11-15(12-14)9-13-5-8-16-10-13/h13H,3-12H2,1-2H3. The van der Waals surface area contributed by atoms with Gasteiger partial charge in [-0.2, -0.15) is 0 Å². The number of ether oxygens (including phenoxy) is 1. The van der Waals surface area contributed by atoms with Gasteiger partial charge in [0.05, 0.1) is 6.61 Å². The van der Waals surface area contributed by atoms with Crippen LogP contribution in [0.1, 0.15) is 46.0 Å². The maximum atomic E-state index is 5.45. The molecule has 0 N–H and O–H groups in total. The molecule has 2 rings (SSSR count). The Morgan fingerprint density at radius 1 is 1.19 bits per heavy atom. The van der Waals surface area contributed by atoms with Gasteiger partial charge in [-0.25, -0.2) is 0 Å². The van der Waals surface area contributed by atoms with Gasteiger partial charge in [-0.3, -0.25) is 0 Å². The first-order valence-corrected chi connectivity index (χ1v) is 7.08. The van der Waals surface area contributed by atoms with Gasteiger partial charge < -0.3 is 9.64 Å². The van der Waals surface area contributed by atoms with Gasteiger partial charge in [-0.1, -0.05) is 26.7 Å². The second-order valence-corrected chi connectivity index (χ2v) is 5.90. The van der Waals surface area contributed by atoms with Crippen LogP contribution >= 0.6 is 0 Å². The van der Waals surface area contributed by atoms with Gasteiger partial charge in [0.15, 0.2) is 0 Å². The van der Waals surface area contributed by atoms with Gasteiger partial charge >= 0.3 is 0 Å². The highest BCUT2D eigenvalue weighted by atomic mass is 16.5. The van der Waals surface area contributed by atoms with Crippen molar-refractivity contribution >= 4 is 0 Å². The summed E-state index contributed by atoms with van der Waals surface area (Å²) in [6, 6.07) is 0. The maximum Gasteiger partial charge on any atom is 0.0507 e. The lowest BCUT2D eigenvalue weighted by Gasteiger charge is -2.51. The topological polar surface area (TPSA) is 12.5 Å². The molecule has 0 aliphatic carbocycles. The highest BCUT2D eigenvalue weighted by Crippen LogP contribution is 2.40. The molecule has 0 amide bonds. The van der Waals surface area contributed by atoms with E-state index >= 15 is 0 Å². The third-order valence-corrected chi connectivity index (χ3v) is 4.22. The monoisotopic (exact) mass is 225 g/mol. The van der Waals surface area contributed by atoms with Gasteiger partial charge in [-0.05, 0) is 30.6 Å². The van der Waals surface area contributed by atoms with Crippen molar-refractivity contribution in [2.24, 2.45) is 11.3 Å². The van der Waals surface area contributed by atoms with E-state index in [1.54, 1.807) is 0 Å². The largest absolute Gasteiger partial charge is 0.381 e. The van der Waals surface area contributed by atoms with E-state index in [-0.39, 0.29) is 0 Å². The summed E-state index contributed by atoms with van der Waals surface area (Å²) in [4.78, 5) is 2.66. The van der Waals surface area contributed by atoms with E-state index in [1.165, 1.54) is 51.7 Å². The molecule has 1 atom stereocenters. The van der Waals surface area contributed by atoms with Gasteiger partial charge in [-0.15, -0.1) is 0 Å². The van der Waals surface area contributed by atoms with Crippen molar-refractivity contribution in [3.63, 3.8) is 0 Å². The van der Waals surface area contributed by atoms with Crippen molar-refractivity contribution in [1.29, 1.82) is 0 Å². The Kier molecular flexibility index (Phi) is 4.26. The number of likely N-dealkylation sites (tertiary alicyclic amines) is 1. The quantitative estimate of drug-likeness (QED) is 0.689. The van der Waals surface area contributed by atoms with Crippen LogP contribution in [-0.4, -0.2) is 37.7 Å². The molecule has 0 spiro atoms. The van der Waals surface area contributed by atoms with Crippen molar-refractivity contribution in [3.05, 3.63) is 0 Å². The fourth-order valence-corrected chi connectivity index (χ4v) is 3.63. The lowest BCUT2D eigenvalue weighted by Crippen LogP contribution is -2.57. The molecular weight excluding hydrogens is 198 g/mol. The first-order chi connectivity index (χ1) is 7.78. The Hall–Kier alpha value is -0.0800. The Morgan fingerprint density at radius 2 is 1.88 bits per heavy atom. The molecule has 0 aromatic rings. The van der Waals surface area contributed by atoms with E-state index in [4.69, 9.17) is 4.74 Å². The lowest BCUT2D eigenvalue weighted by atomic mass is 9.72. The van der Waals surface area contributed by atoms with E-state index in [0.29, 0.717) is 5.41 Å². The van der Waals surface area contributed by atoms with Gasteiger partial charge in [0.1, 0.15) is 0 Å². The summed E-state index contributed by atoms with van der Waals surface area (Å²) in [5.41, 5.74) is 0.683. The Morgan fingerprint density at radius 3 is 2.38 bits per heavy atom. The SMILES string of the molecule is CCCC1(CCC)CN(CC2CCOC2)C1. The molecule has 2 saturated heterocycles. The minimum absolute atomic E-state index is 0.683. The molecule has 2 heterocycles. The summed E-state index contributed by atoms with van der Waals surface area (Å²) >= 11 is 0. The van der Waals surface area contributed by atoms with E-state index in [1.807, 2.05) is 0 Å². The number of rotatable bonds is 6. The Labute approximate surface area is 100 Å². The van der Waals surface area contributed by atoms with Crippen LogP contribution in [0.25, 0.3) is 0 Å². The van der Waals surface area contributed by atoms with E-state index < -0.39 is 0 Å². The molecule has 1 unspecified atom stereocenters. The van der Waals surface area contributed by atoms with Crippen LogP contribution in [-0.2, 0) is 4.74 Å². The molecule has 2 nitrogen and oxygen atoms in total. The number of hydrogen-bond donors (Lipinski definition) is 0. The Bertz CT molecular complexity index is 197. The highest BCUT2D eigenvalue weighted by molar-refractivity contribution is 4.95. The number of nitrogens with zero attached hydrogens (tertiary/aromatic N) is 1. The second kappa shape index (κ2) is 5.50. The third-order valence-electron chi connectivity index (χ3n) is 4.22. The minimum Gasteiger partial charge on any atom is -0.381 e. The van der Waals surface area contributed by atoms with Crippen LogP contribution in [0.3, 0.4) is 0 Å². The first kappa shape index (κ1) is 12.4. The molecule has 0 aromatic heterocycles. The normalized spacial score (nSPS) is 29.2. The molecule has 2 aliphatic heterocycles. The average molecular weight is 225 g/mol. The molecule has 2 aliphatic rings. The van der Waals surface area contributed by atoms with Crippen LogP contribution in [0.15, 0.2) is 0 Å². The fraction of sp³-hybridized carbons (Fsp3) is 1.00. The second-order valence-electron chi connectivity index (χ2n) is 5.90. The molecule has 0 saturated carbocycles. The average Bonchev–Trinajstić information content (AvgIpc) is 2.68. The van der Waals surface area contributed by atoms with Crippen LogP contribution < -0.4 is 0 Å². The zero-order valence-corrected chi connectivity index (χ0v) is 11.0. The third kappa shape index (κ3) is 2.78. The molecule has 0 radical (unpaired) electrons. The molecular formula is C14H27NO. The van der Waals surface area contributed by atoms with Gasteiger partial charge in [0, 0.05) is 26.2 Å². The molecule has 0 aromatic carbocycles. The summed E-state index contributed by atoms with van der Waals surface area (Å²) in [6.07, 6.45) is 6.84. The summed E-state index contributed by atoms with van der Waals surface area (Å²) in [5.74, 6) is 0.821. The molecule has 2 heteroatoms. The summed E-state index contributed by atoms with van der Waals surface area (Å²) in [7, 11) is 0. The summed E-state index contributed by atoms with van der Waals surface area (Å²) < 4.78 is 5.45. The van der Waals surface area contributed by atoms with E-state index in [9.17, 15) is 0 Å². The molecule has 94 valence electrons. The van der Waals surface area contributed by atoms with E-state index in [2.05, 4.69) is 18.7 Å². The zero-order chi connectivity index (χ0) is 11.4. The zero-order valence-electron chi connectivity index (χ0n) is 11.0. The highest BCUT2D eigenvalue weighted by Gasteiger charge is 2.41. The summed E-state index contributed by atoms with van der Waals surface area (Å²) in [5, 5.41) is 0. The Balaban J connectivity index is 1.72. The van der Waals surface area contributed by atoms with Gasteiger partial charge in [0.2, 0.25) is 0 Å². The van der Waals surface area contributed by atoms with Crippen molar-refractivity contribution in [2.45, 2.75) is 46.0 Å². The molecule has 2 fully saturated rings. The number of hydrogen-bond acceptors (Lipinski definition) is 2. The van der Waals surface area contributed by atoms with Crippen LogP contribution in [0.5, 0.6) is 0 Å². The van der Waals surface area contributed by atoms with Crippen LogP contribution in [0.2, 0.25) is 0 Å². The van der Waals surface area contributed by atoms with E-state index in [0.717, 1.165) is 19.1 Å². The fourth-order valence-electron chi connectivity index (χ4n) is 3.63.